The van der Waals surface area contributed by atoms with Crippen molar-refractivity contribution in [1.82, 2.24) is 4.98 Å². The lowest BCUT2D eigenvalue weighted by Crippen LogP contribution is -2.59. The number of pyridine rings is 1. The maximum absolute atomic E-state index is 13.9. The lowest BCUT2D eigenvalue weighted by atomic mass is 9.73. The van der Waals surface area contributed by atoms with Crippen LogP contribution in [0.5, 0.6) is 0 Å². The Bertz CT molecular complexity index is 1850. The first kappa shape index (κ1) is 31.8. The van der Waals surface area contributed by atoms with E-state index in [0.717, 1.165) is 60.8 Å². The summed E-state index contributed by atoms with van der Waals surface area (Å²) in [7, 11) is 0. The summed E-state index contributed by atoms with van der Waals surface area (Å²) in [5.74, 6) is 0.329. The molecule has 10 nitrogen and oxygen atoms in total. The number of amides is 3. The standard InChI is InChI=1S/C37H39N5O5S/c1-36(2,3)47-35(45)40-30-21-25-14-18-42(29-9-5-4-7-27(29)31(25)48-30)34(44)24-10-12-26(13-11-24)39-33(43)28-8-6-17-38-32(28)41-22-37(23-41)15-19-46-20-16-37/h4-13,17,21H,14-16,18-20,22-23H2,1-3H3,(H,39,43)(H,40,45). The summed E-state index contributed by atoms with van der Waals surface area (Å²) in [5.41, 5.74) is 4.10. The van der Waals surface area contributed by atoms with Gasteiger partial charge in [-0.15, -0.1) is 11.3 Å². The summed E-state index contributed by atoms with van der Waals surface area (Å²) >= 11 is 1.47. The molecule has 2 fully saturated rings. The Morgan fingerprint density at radius 2 is 1.71 bits per heavy atom. The Labute approximate surface area is 284 Å². The number of benzene rings is 2. The molecular formula is C37H39N5O5S. The van der Waals surface area contributed by atoms with Gasteiger partial charge in [0.2, 0.25) is 0 Å². The van der Waals surface area contributed by atoms with Gasteiger partial charge in [-0.05, 0) is 94.1 Å². The van der Waals surface area contributed by atoms with Gasteiger partial charge >= 0.3 is 6.09 Å². The number of carbonyl (C=O) groups is 3. The molecule has 2 saturated heterocycles. The maximum Gasteiger partial charge on any atom is 0.412 e. The normalized spacial score (nSPS) is 16.6. The number of aromatic nitrogens is 1. The van der Waals surface area contributed by atoms with Crippen molar-refractivity contribution in [2.24, 2.45) is 5.41 Å². The lowest BCUT2D eigenvalue weighted by Gasteiger charge is -2.53. The molecule has 4 aromatic rings. The van der Waals surface area contributed by atoms with E-state index in [1.807, 2.05) is 51.1 Å². The topological polar surface area (TPSA) is 113 Å². The Morgan fingerprint density at radius 3 is 2.46 bits per heavy atom. The summed E-state index contributed by atoms with van der Waals surface area (Å²) < 4.78 is 11.0. The average Bonchev–Trinajstić information content (AvgIpc) is 3.38. The van der Waals surface area contributed by atoms with Gasteiger partial charge in [0.25, 0.3) is 11.8 Å². The fourth-order valence-corrected chi connectivity index (χ4v) is 7.81. The van der Waals surface area contributed by atoms with Gasteiger partial charge in [0.15, 0.2) is 0 Å². The first-order chi connectivity index (χ1) is 23.1. The molecule has 2 aromatic heterocycles. The van der Waals surface area contributed by atoms with Crippen LogP contribution in [-0.4, -0.2) is 61.3 Å². The Balaban J connectivity index is 1.04. The highest BCUT2D eigenvalue weighted by Gasteiger charge is 2.45. The molecule has 248 valence electrons. The van der Waals surface area contributed by atoms with Gasteiger partial charge in [-0.1, -0.05) is 18.2 Å². The van der Waals surface area contributed by atoms with Crippen LogP contribution < -0.4 is 20.4 Å². The average molecular weight is 666 g/mol. The van der Waals surface area contributed by atoms with E-state index in [-0.39, 0.29) is 17.2 Å². The second kappa shape index (κ2) is 12.7. The van der Waals surface area contributed by atoms with E-state index in [9.17, 15) is 14.4 Å². The van der Waals surface area contributed by atoms with E-state index in [1.165, 1.54) is 11.3 Å². The van der Waals surface area contributed by atoms with Crippen LogP contribution in [0.25, 0.3) is 10.4 Å². The molecule has 3 aliphatic heterocycles. The van der Waals surface area contributed by atoms with Crippen LogP contribution in [0.4, 0.5) is 27.0 Å². The van der Waals surface area contributed by atoms with Crippen LogP contribution in [-0.2, 0) is 15.9 Å². The van der Waals surface area contributed by atoms with Crippen molar-refractivity contribution in [1.29, 1.82) is 0 Å². The fraction of sp³-hybridized carbons (Fsp3) is 0.351. The first-order valence-corrected chi connectivity index (χ1v) is 17.1. The second-order valence-electron chi connectivity index (χ2n) is 13.7. The molecule has 11 heteroatoms. The predicted molar refractivity (Wildman–Crippen MR) is 188 cm³/mol. The third kappa shape index (κ3) is 6.52. The van der Waals surface area contributed by atoms with Crippen molar-refractivity contribution in [2.75, 3.05) is 53.3 Å². The molecule has 1 spiro atoms. The molecule has 0 unspecified atom stereocenters. The maximum atomic E-state index is 13.9. The number of nitrogens with zero attached hydrogens (tertiary/aromatic N) is 3. The third-order valence-corrected chi connectivity index (χ3v) is 10.2. The van der Waals surface area contributed by atoms with Crippen molar-refractivity contribution in [3.05, 3.63) is 89.6 Å². The molecule has 5 heterocycles. The molecular weight excluding hydrogens is 627 g/mol. The minimum atomic E-state index is -0.596. The first-order valence-electron chi connectivity index (χ1n) is 16.3. The van der Waals surface area contributed by atoms with Crippen LogP contribution in [0.15, 0.2) is 72.9 Å². The Morgan fingerprint density at radius 1 is 0.958 bits per heavy atom. The third-order valence-electron chi connectivity index (χ3n) is 9.05. The van der Waals surface area contributed by atoms with Crippen LogP contribution in [0, 0.1) is 5.41 Å². The van der Waals surface area contributed by atoms with E-state index in [0.29, 0.717) is 40.6 Å². The number of anilines is 4. The molecule has 0 bridgehead atoms. The molecule has 0 radical (unpaired) electrons. The molecule has 48 heavy (non-hydrogen) atoms. The molecule has 7 rings (SSSR count). The van der Waals surface area contributed by atoms with Gasteiger partial charge in [-0.2, -0.15) is 0 Å². The number of thiophene rings is 1. The van der Waals surface area contributed by atoms with Gasteiger partial charge in [0.1, 0.15) is 11.4 Å². The quantitative estimate of drug-likeness (QED) is 0.231. The SMILES string of the molecule is CC(C)(C)OC(=O)Nc1cc2c(s1)-c1ccccc1N(C(=O)c1ccc(NC(=O)c3cccnc3N3CC4(CCOCC4)C3)cc1)CC2. The number of hydrogen-bond donors (Lipinski definition) is 2. The van der Waals surface area contributed by atoms with Crippen molar-refractivity contribution in [2.45, 2.75) is 45.6 Å². The van der Waals surface area contributed by atoms with E-state index in [1.54, 1.807) is 47.5 Å². The molecule has 3 amide bonds. The summed E-state index contributed by atoms with van der Waals surface area (Å²) in [4.78, 5) is 49.3. The molecule has 3 aliphatic rings. The van der Waals surface area contributed by atoms with Gasteiger partial charge in [-0.3, -0.25) is 14.9 Å². The highest BCUT2D eigenvalue weighted by Crippen LogP contribution is 2.44. The number of hydrogen-bond acceptors (Lipinski definition) is 8. The number of fused-ring (bicyclic) bond motifs is 3. The summed E-state index contributed by atoms with van der Waals surface area (Å²) in [6, 6.07) is 20.4. The Hall–Kier alpha value is -4.74. The van der Waals surface area contributed by atoms with Crippen LogP contribution >= 0.6 is 11.3 Å². The zero-order chi connectivity index (χ0) is 33.5. The monoisotopic (exact) mass is 665 g/mol. The molecule has 0 saturated carbocycles. The number of rotatable bonds is 5. The molecule has 2 N–H and O–H groups in total. The van der Waals surface area contributed by atoms with E-state index < -0.39 is 11.7 Å². The summed E-state index contributed by atoms with van der Waals surface area (Å²) in [6.07, 6.45) is 3.92. The summed E-state index contributed by atoms with van der Waals surface area (Å²) in [5, 5.41) is 6.56. The van der Waals surface area contributed by atoms with E-state index >= 15 is 0 Å². The van der Waals surface area contributed by atoms with Gasteiger partial charge in [-0.25, -0.2) is 9.78 Å². The zero-order valence-corrected chi connectivity index (χ0v) is 28.2. The van der Waals surface area contributed by atoms with Crippen LogP contribution in [0.1, 0.15) is 59.9 Å². The number of carbonyl (C=O) groups excluding carboxylic acids is 3. The predicted octanol–water partition coefficient (Wildman–Crippen LogP) is 7.23. The highest BCUT2D eigenvalue weighted by molar-refractivity contribution is 7.19. The number of ether oxygens (including phenoxy) is 2. The molecule has 0 aliphatic carbocycles. The zero-order valence-electron chi connectivity index (χ0n) is 27.4. The smallest absolute Gasteiger partial charge is 0.412 e. The summed E-state index contributed by atoms with van der Waals surface area (Å²) in [6.45, 7) is 9.29. The minimum Gasteiger partial charge on any atom is -0.444 e. The van der Waals surface area contributed by atoms with Crippen LogP contribution in [0.2, 0.25) is 0 Å². The van der Waals surface area contributed by atoms with E-state index in [2.05, 4.69) is 20.5 Å². The van der Waals surface area contributed by atoms with Crippen LogP contribution in [0.3, 0.4) is 0 Å². The fourth-order valence-electron chi connectivity index (χ4n) is 6.68. The van der Waals surface area contributed by atoms with E-state index in [4.69, 9.17) is 9.47 Å². The number of nitrogens with one attached hydrogen (secondary N) is 2. The minimum absolute atomic E-state index is 0.128. The van der Waals surface area contributed by atoms with Crippen molar-refractivity contribution in [3.8, 4) is 10.4 Å². The second-order valence-corrected chi connectivity index (χ2v) is 14.7. The highest BCUT2D eigenvalue weighted by atomic mass is 32.1. The van der Waals surface area contributed by atoms with Crippen molar-refractivity contribution >= 4 is 51.4 Å². The molecule has 2 aromatic carbocycles. The van der Waals surface area contributed by atoms with Gasteiger partial charge < -0.3 is 24.6 Å². The Kier molecular flexibility index (Phi) is 8.43. The number of para-hydroxylation sites is 1. The van der Waals surface area contributed by atoms with Crippen molar-refractivity contribution < 1.29 is 23.9 Å². The van der Waals surface area contributed by atoms with Gasteiger partial charge in [0.05, 0.1) is 16.3 Å². The lowest BCUT2D eigenvalue weighted by molar-refractivity contribution is -0.000511. The van der Waals surface area contributed by atoms with Crippen molar-refractivity contribution in [3.63, 3.8) is 0 Å². The molecule has 0 atom stereocenters. The largest absolute Gasteiger partial charge is 0.444 e. The van der Waals surface area contributed by atoms with Gasteiger partial charge in [0, 0.05) is 66.2 Å².